The van der Waals surface area contributed by atoms with Crippen molar-refractivity contribution in [2.75, 3.05) is 13.1 Å². The molecule has 1 saturated carbocycles. The molecule has 0 unspecified atom stereocenters. The maximum Gasteiger partial charge on any atom is 0.407 e. The van der Waals surface area contributed by atoms with Crippen molar-refractivity contribution in [2.24, 2.45) is 5.41 Å². The van der Waals surface area contributed by atoms with Crippen molar-refractivity contribution in [3.63, 3.8) is 0 Å². The van der Waals surface area contributed by atoms with Crippen LogP contribution < -0.4 is 0 Å². The molecule has 3 nitrogen and oxygen atoms in total. The predicted octanol–water partition coefficient (Wildman–Crippen LogP) is 1.63. The molecule has 3 rings (SSSR count). The summed E-state index contributed by atoms with van der Waals surface area (Å²) in [5, 5.41) is 8.79. The third-order valence-electron chi connectivity index (χ3n) is 3.16. The van der Waals surface area contributed by atoms with Crippen LogP contribution >= 0.6 is 0 Å². The van der Waals surface area contributed by atoms with Gasteiger partial charge in [0.25, 0.3) is 0 Å². The average molecular weight is 177 g/mol. The maximum atomic E-state index is 10.7. The Morgan fingerprint density at radius 1 is 1.31 bits per heavy atom. The SMILES string of the molecule is O=C(O)N1CC2=CC3(C=C2C1)CC3. The van der Waals surface area contributed by atoms with Gasteiger partial charge in [-0.3, -0.25) is 4.90 Å². The molecule has 2 fully saturated rings. The zero-order valence-electron chi connectivity index (χ0n) is 7.29. The standard InChI is InChI=1S/C10H11NO2/c12-9(13)11-5-7-3-10(1-2-10)4-8(7)6-11/h3-4H,1-2,5-6H2,(H,12,13). The number of rotatable bonds is 0. The van der Waals surface area contributed by atoms with Gasteiger partial charge in [-0.2, -0.15) is 0 Å². The summed E-state index contributed by atoms with van der Waals surface area (Å²) < 4.78 is 0. The highest BCUT2D eigenvalue weighted by Crippen LogP contribution is 2.55. The normalized spacial score (nSPS) is 27.2. The Morgan fingerprint density at radius 2 is 1.85 bits per heavy atom. The van der Waals surface area contributed by atoms with Gasteiger partial charge in [-0.1, -0.05) is 12.2 Å². The van der Waals surface area contributed by atoms with Gasteiger partial charge < -0.3 is 5.11 Å². The average Bonchev–Trinajstić information content (AvgIpc) is 2.49. The summed E-state index contributed by atoms with van der Waals surface area (Å²) in [4.78, 5) is 12.1. The fourth-order valence-corrected chi connectivity index (χ4v) is 2.25. The molecule has 1 heterocycles. The van der Waals surface area contributed by atoms with Crippen molar-refractivity contribution in [2.45, 2.75) is 12.8 Å². The van der Waals surface area contributed by atoms with Crippen LogP contribution in [0.3, 0.4) is 0 Å². The van der Waals surface area contributed by atoms with Crippen LogP contribution in [0.15, 0.2) is 23.3 Å². The second-order valence-corrected chi connectivity index (χ2v) is 4.21. The van der Waals surface area contributed by atoms with Gasteiger partial charge >= 0.3 is 6.09 Å². The number of carbonyl (C=O) groups is 1. The van der Waals surface area contributed by atoms with E-state index in [1.54, 1.807) is 0 Å². The van der Waals surface area contributed by atoms with Gasteiger partial charge in [-0.15, -0.1) is 0 Å². The molecule has 1 aliphatic heterocycles. The van der Waals surface area contributed by atoms with Gasteiger partial charge in [0.1, 0.15) is 0 Å². The van der Waals surface area contributed by atoms with E-state index in [0.29, 0.717) is 18.5 Å². The molecule has 1 amide bonds. The lowest BCUT2D eigenvalue weighted by Crippen LogP contribution is -2.26. The number of nitrogens with zero attached hydrogens (tertiary/aromatic N) is 1. The van der Waals surface area contributed by atoms with Crippen LogP contribution in [0.4, 0.5) is 4.79 Å². The van der Waals surface area contributed by atoms with E-state index < -0.39 is 6.09 Å². The predicted molar refractivity (Wildman–Crippen MR) is 47.4 cm³/mol. The van der Waals surface area contributed by atoms with Crippen molar-refractivity contribution < 1.29 is 9.90 Å². The Morgan fingerprint density at radius 3 is 2.23 bits per heavy atom. The van der Waals surface area contributed by atoms with E-state index in [0.717, 1.165) is 0 Å². The van der Waals surface area contributed by atoms with E-state index >= 15 is 0 Å². The molecular weight excluding hydrogens is 166 g/mol. The first-order valence-electron chi connectivity index (χ1n) is 4.60. The number of hydrogen-bond acceptors (Lipinski definition) is 1. The molecule has 1 saturated heterocycles. The summed E-state index contributed by atoms with van der Waals surface area (Å²) >= 11 is 0. The Bertz CT molecular complexity index is 326. The van der Waals surface area contributed by atoms with Crippen LogP contribution in [-0.2, 0) is 0 Å². The molecule has 1 spiro atoms. The second kappa shape index (κ2) is 1.97. The number of fused-ring (bicyclic) bond motifs is 1. The molecule has 0 radical (unpaired) electrons. The third kappa shape index (κ3) is 0.930. The molecule has 0 atom stereocenters. The van der Waals surface area contributed by atoms with Crippen molar-refractivity contribution in [3.05, 3.63) is 23.3 Å². The number of amides is 1. The Hall–Kier alpha value is -1.25. The minimum atomic E-state index is -0.805. The van der Waals surface area contributed by atoms with E-state index in [4.69, 9.17) is 5.11 Å². The molecule has 0 aromatic rings. The van der Waals surface area contributed by atoms with E-state index in [9.17, 15) is 4.79 Å². The highest BCUT2D eigenvalue weighted by molar-refractivity contribution is 5.69. The number of likely N-dealkylation sites (tertiary alicyclic amines) is 1. The van der Waals surface area contributed by atoms with Crippen molar-refractivity contribution in [1.29, 1.82) is 0 Å². The van der Waals surface area contributed by atoms with E-state index in [1.165, 1.54) is 28.9 Å². The van der Waals surface area contributed by atoms with Gasteiger partial charge in [0.2, 0.25) is 0 Å². The Balaban J connectivity index is 1.88. The molecule has 13 heavy (non-hydrogen) atoms. The fraction of sp³-hybridized carbons (Fsp3) is 0.500. The first-order chi connectivity index (χ1) is 6.19. The Labute approximate surface area is 76.3 Å². The quantitative estimate of drug-likeness (QED) is 0.610. The van der Waals surface area contributed by atoms with Gasteiger partial charge in [-0.25, -0.2) is 4.79 Å². The summed E-state index contributed by atoms with van der Waals surface area (Å²) in [6, 6.07) is 0. The lowest BCUT2D eigenvalue weighted by atomic mass is 10.1. The summed E-state index contributed by atoms with van der Waals surface area (Å²) in [5.41, 5.74) is 2.87. The minimum Gasteiger partial charge on any atom is -0.465 e. The highest BCUT2D eigenvalue weighted by atomic mass is 16.4. The molecule has 3 aliphatic rings. The zero-order chi connectivity index (χ0) is 9.05. The smallest absolute Gasteiger partial charge is 0.407 e. The molecule has 1 N–H and O–H groups in total. The second-order valence-electron chi connectivity index (χ2n) is 4.21. The van der Waals surface area contributed by atoms with Crippen LogP contribution in [0.25, 0.3) is 0 Å². The molecular formula is C10H11NO2. The first-order valence-corrected chi connectivity index (χ1v) is 4.60. The Kier molecular flexibility index (Phi) is 1.09. The van der Waals surface area contributed by atoms with E-state index in [-0.39, 0.29) is 0 Å². The fourth-order valence-electron chi connectivity index (χ4n) is 2.25. The summed E-state index contributed by atoms with van der Waals surface area (Å²) in [7, 11) is 0. The first kappa shape index (κ1) is 7.18. The zero-order valence-corrected chi connectivity index (χ0v) is 7.29. The van der Waals surface area contributed by atoms with Crippen molar-refractivity contribution >= 4 is 6.09 Å². The molecule has 0 aromatic heterocycles. The van der Waals surface area contributed by atoms with Gasteiger partial charge in [0, 0.05) is 18.5 Å². The summed E-state index contributed by atoms with van der Waals surface area (Å²) in [6.07, 6.45) is 6.25. The van der Waals surface area contributed by atoms with E-state index in [1.807, 2.05) is 0 Å². The number of carboxylic acid groups (broad SMARTS) is 1. The van der Waals surface area contributed by atoms with Crippen LogP contribution in [0, 0.1) is 5.41 Å². The maximum absolute atomic E-state index is 10.7. The topological polar surface area (TPSA) is 40.5 Å². The highest BCUT2D eigenvalue weighted by Gasteiger charge is 2.45. The van der Waals surface area contributed by atoms with Crippen molar-refractivity contribution in [1.82, 2.24) is 4.90 Å². The number of allylic oxidation sites excluding steroid dienone is 2. The van der Waals surface area contributed by atoms with E-state index in [2.05, 4.69) is 12.2 Å². The van der Waals surface area contributed by atoms with Crippen molar-refractivity contribution in [3.8, 4) is 0 Å². The van der Waals surface area contributed by atoms with Gasteiger partial charge in [0.05, 0.1) is 0 Å². The molecule has 0 bridgehead atoms. The van der Waals surface area contributed by atoms with Gasteiger partial charge in [-0.05, 0) is 24.0 Å². The lowest BCUT2D eigenvalue weighted by Gasteiger charge is -2.09. The lowest BCUT2D eigenvalue weighted by molar-refractivity contribution is 0.158. The molecule has 2 aliphatic carbocycles. The third-order valence-corrected chi connectivity index (χ3v) is 3.16. The monoisotopic (exact) mass is 177 g/mol. The van der Waals surface area contributed by atoms with Crippen LogP contribution in [-0.4, -0.2) is 29.2 Å². The minimum absolute atomic E-state index is 0.370. The summed E-state index contributed by atoms with van der Waals surface area (Å²) in [6.45, 7) is 1.20. The summed E-state index contributed by atoms with van der Waals surface area (Å²) in [5.74, 6) is 0. The number of hydrogen-bond donors (Lipinski definition) is 1. The van der Waals surface area contributed by atoms with Crippen LogP contribution in [0.5, 0.6) is 0 Å². The molecule has 68 valence electrons. The van der Waals surface area contributed by atoms with Gasteiger partial charge in [0.15, 0.2) is 0 Å². The largest absolute Gasteiger partial charge is 0.465 e. The molecule has 0 aromatic carbocycles. The molecule has 3 heteroatoms. The van der Waals surface area contributed by atoms with Crippen LogP contribution in [0.2, 0.25) is 0 Å². The van der Waals surface area contributed by atoms with Crippen LogP contribution in [0.1, 0.15) is 12.8 Å².